The van der Waals surface area contributed by atoms with Gasteiger partial charge in [0.05, 0.1) is 22.6 Å². The number of hydrogen-bond donors (Lipinski definition) is 2. The lowest BCUT2D eigenvalue weighted by atomic mass is 10.1. The monoisotopic (exact) mass is 436 g/mol. The van der Waals surface area contributed by atoms with E-state index in [0.29, 0.717) is 17.1 Å². The summed E-state index contributed by atoms with van der Waals surface area (Å²) in [5, 5.41) is 11.8. The largest absolute Gasteiger partial charge is 0.482 e. The molecule has 0 saturated heterocycles. The van der Waals surface area contributed by atoms with E-state index in [1.165, 1.54) is 22.9 Å². The van der Waals surface area contributed by atoms with Crippen molar-refractivity contribution in [2.24, 2.45) is 7.05 Å². The second kappa shape index (κ2) is 8.06. The Balaban J connectivity index is 1.62. The van der Waals surface area contributed by atoms with E-state index >= 15 is 0 Å². The predicted molar refractivity (Wildman–Crippen MR) is 116 cm³/mol. The van der Waals surface area contributed by atoms with Gasteiger partial charge in [0.2, 0.25) is 5.91 Å². The topological polar surface area (TPSA) is 123 Å². The third-order valence-electron chi connectivity index (χ3n) is 5.27. The molecule has 0 spiro atoms. The van der Waals surface area contributed by atoms with E-state index in [4.69, 9.17) is 4.74 Å². The molecule has 0 aliphatic carbocycles. The van der Waals surface area contributed by atoms with E-state index in [0.717, 1.165) is 4.90 Å². The first-order valence-electron chi connectivity index (χ1n) is 9.72. The molecule has 1 aliphatic heterocycles. The molecule has 3 aromatic rings. The van der Waals surface area contributed by atoms with Crippen LogP contribution in [-0.2, 0) is 16.6 Å². The maximum atomic E-state index is 13.0. The molecule has 1 aliphatic rings. The predicted octanol–water partition coefficient (Wildman–Crippen LogP) is 1.55. The van der Waals surface area contributed by atoms with Gasteiger partial charge in [0, 0.05) is 7.05 Å². The molecule has 2 heterocycles. The Bertz CT molecular complexity index is 1290. The molecule has 32 heavy (non-hydrogen) atoms. The summed E-state index contributed by atoms with van der Waals surface area (Å²) in [6.07, 6.45) is 0. The van der Waals surface area contributed by atoms with Crippen LogP contribution in [0.2, 0.25) is 0 Å². The van der Waals surface area contributed by atoms with Gasteiger partial charge in [0.25, 0.3) is 11.5 Å². The molecular formula is C22H20N4O6. The second-order valence-corrected chi connectivity index (χ2v) is 7.24. The van der Waals surface area contributed by atoms with Gasteiger partial charge in [-0.3, -0.25) is 24.0 Å². The van der Waals surface area contributed by atoms with Gasteiger partial charge < -0.3 is 15.2 Å². The molecule has 0 radical (unpaired) electrons. The van der Waals surface area contributed by atoms with Crippen LogP contribution in [0.5, 0.6) is 5.75 Å². The molecule has 0 bridgehead atoms. The molecule has 0 saturated carbocycles. The molecule has 0 fully saturated rings. The molecule has 2 N–H and O–H groups in total. The Morgan fingerprint density at radius 3 is 2.53 bits per heavy atom. The van der Waals surface area contributed by atoms with E-state index in [1.807, 2.05) is 6.07 Å². The smallest absolute Gasteiger partial charge is 0.335 e. The number of ether oxygens (including phenoxy) is 1. The Labute approximate surface area is 182 Å². The van der Waals surface area contributed by atoms with Crippen molar-refractivity contribution in [2.45, 2.75) is 6.92 Å². The fourth-order valence-electron chi connectivity index (χ4n) is 3.54. The van der Waals surface area contributed by atoms with Crippen LogP contribution in [-0.4, -0.2) is 45.4 Å². The summed E-state index contributed by atoms with van der Waals surface area (Å²) in [6.45, 7) is 1.01. The number of hydrogen-bond acceptors (Lipinski definition) is 5. The van der Waals surface area contributed by atoms with Crippen molar-refractivity contribution in [3.8, 4) is 11.4 Å². The number of aromatic carboxylic acids is 1. The van der Waals surface area contributed by atoms with E-state index in [-0.39, 0.29) is 23.5 Å². The fourth-order valence-corrected chi connectivity index (χ4v) is 3.54. The van der Waals surface area contributed by atoms with Crippen molar-refractivity contribution >= 4 is 29.2 Å². The summed E-state index contributed by atoms with van der Waals surface area (Å²) >= 11 is 0. The highest BCUT2D eigenvalue weighted by atomic mass is 16.5. The Kier molecular flexibility index (Phi) is 5.27. The number of benzene rings is 2. The van der Waals surface area contributed by atoms with E-state index < -0.39 is 29.9 Å². The first-order valence-corrected chi connectivity index (χ1v) is 9.72. The van der Waals surface area contributed by atoms with Crippen molar-refractivity contribution in [1.29, 1.82) is 0 Å². The van der Waals surface area contributed by atoms with Crippen molar-refractivity contribution < 1.29 is 24.2 Å². The molecule has 4 rings (SSSR count). The summed E-state index contributed by atoms with van der Waals surface area (Å²) in [6, 6.07) is 13.1. The Hall–Kier alpha value is -4.34. The first kappa shape index (κ1) is 20.9. The number of rotatable bonds is 5. The minimum Gasteiger partial charge on any atom is -0.482 e. The van der Waals surface area contributed by atoms with E-state index in [2.05, 4.69) is 5.32 Å². The van der Waals surface area contributed by atoms with Gasteiger partial charge in [-0.15, -0.1) is 0 Å². The number of amides is 2. The second-order valence-electron chi connectivity index (χ2n) is 7.24. The van der Waals surface area contributed by atoms with Gasteiger partial charge >= 0.3 is 5.97 Å². The van der Waals surface area contributed by atoms with Crippen molar-refractivity contribution in [3.63, 3.8) is 0 Å². The van der Waals surface area contributed by atoms with Crippen LogP contribution in [0, 0.1) is 6.92 Å². The van der Waals surface area contributed by atoms with Crippen molar-refractivity contribution in [2.75, 3.05) is 23.4 Å². The van der Waals surface area contributed by atoms with Gasteiger partial charge in [-0.25, -0.2) is 9.48 Å². The SMILES string of the molecule is Cc1c(NC(=O)CN2C(=O)COc3ccc(C(=O)O)cc32)c(=O)n(-c2ccccc2)n1C. The van der Waals surface area contributed by atoms with Crippen molar-refractivity contribution in [1.82, 2.24) is 9.36 Å². The number of carboxylic acids is 1. The van der Waals surface area contributed by atoms with Crippen molar-refractivity contribution in [3.05, 3.63) is 70.1 Å². The molecular weight excluding hydrogens is 416 g/mol. The highest BCUT2D eigenvalue weighted by Gasteiger charge is 2.29. The zero-order chi connectivity index (χ0) is 23.0. The number of anilines is 2. The zero-order valence-electron chi connectivity index (χ0n) is 17.4. The average Bonchev–Trinajstić information content (AvgIpc) is 2.99. The van der Waals surface area contributed by atoms with Crippen LogP contribution in [0.3, 0.4) is 0 Å². The molecule has 10 nitrogen and oxygen atoms in total. The summed E-state index contributed by atoms with van der Waals surface area (Å²) < 4.78 is 8.39. The number of carbonyl (C=O) groups excluding carboxylic acids is 2. The third-order valence-corrected chi connectivity index (χ3v) is 5.27. The number of carbonyl (C=O) groups is 3. The number of para-hydroxylation sites is 1. The van der Waals surface area contributed by atoms with Gasteiger partial charge in [-0.1, -0.05) is 18.2 Å². The number of nitrogens with one attached hydrogen (secondary N) is 1. The molecule has 1 aromatic heterocycles. The maximum Gasteiger partial charge on any atom is 0.335 e. The lowest BCUT2D eigenvalue weighted by Gasteiger charge is -2.29. The Morgan fingerprint density at radius 2 is 1.84 bits per heavy atom. The molecule has 2 amide bonds. The minimum atomic E-state index is -1.17. The zero-order valence-corrected chi connectivity index (χ0v) is 17.4. The highest BCUT2D eigenvalue weighted by molar-refractivity contribution is 6.05. The number of fused-ring (bicyclic) bond motifs is 1. The molecule has 2 aromatic carbocycles. The lowest BCUT2D eigenvalue weighted by Crippen LogP contribution is -2.43. The number of carboxylic acid groups (broad SMARTS) is 1. The third kappa shape index (κ3) is 3.62. The van der Waals surface area contributed by atoms with E-state index in [1.54, 1.807) is 42.9 Å². The summed E-state index contributed by atoms with van der Waals surface area (Å²) in [4.78, 5) is 50.6. The van der Waals surface area contributed by atoms with Gasteiger partial charge in [0.1, 0.15) is 18.0 Å². The summed E-state index contributed by atoms with van der Waals surface area (Å²) in [5.74, 6) is -1.97. The van der Waals surface area contributed by atoms with Crippen LogP contribution in [0.4, 0.5) is 11.4 Å². The fraction of sp³-hybridized carbons (Fsp3) is 0.182. The number of nitrogens with zero attached hydrogens (tertiary/aromatic N) is 3. The molecule has 10 heteroatoms. The lowest BCUT2D eigenvalue weighted by molar-refractivity contribution is -0.123. The normalized spacial score (nSPS) is 12.8. The molecule has 0 unspecified atom stereocenters. The quantitative estimate of drug-likeness (QED) is 0.626. The van der Waals surface area contributed by atoms with E-state index in [9.17, 15) is 24.3 Å². The highest BCUT2D eigenvalue weighted by Crippen LogP contribution is 2.33. The summed E-state index contributed by atoms with van der Waals surface area (Å²) in [7, 11) is 1.70. The Morgan fingerprint density at radius 1 is 1.12 bits per heavy atom. The number of aromatic nitrogens is 2. The molecule has 164 valence electrons. The van der Waals surface area contributed by atoms with Crippen LogP contribution >= 0.6 is 0 Å². The van der Waals surface area contributed by atoms with Crippen LogP contribution in [0.15, 0.2) is 53.3 Å². The summed E-state index contributed by atoms with van der Waals surface area (Å²) in [5.41, 5.74) is 1.00. The first-order chi connectivity index (χ1) is 15.3. The molecule has 0 atom stereocenters. The van der Waals surface area contributed by atoms with Gasteiger partial charge in [0.15, 0.2) is 6.61 Å². The standard InChI is InChI=1S/C22H20N4O6/c1-13-20(21(29)26(24(13)2)15-6-4-3-5-7-15)23-18(27)11-25-16-10-14(22(30)31)8-9-17(16)32-12-19(25)28/h3-10H,11-12H2,1-2H3,(H,23,27)(H,30,31). The average molecular weight is 436 g/mol. The minimum absolute atomic E-state index is 0.0443. The van der Waals surface area contributed by atoms with Gasteiger partial charge in [-0.2, -0.15) is 0 Å². The van der Waals surface area contributed by atoms with Crippen LogP contribution in [0.1, 0.15) is 16.1 Å². The van der Waals surface area contributed by atoms with Crippen LogP contribution < -0.4 is 20.5 Å². The van der Waals surface area contributed by atoms with Crippen LogP contribution in [0.25, 0.3) is 5.69 Å². The van der Waals surface area contributed by atoms with Gasteiger partial charge in [-0.05, 0) is 37.3 Å². The maximum absolute atomic E-state index is 13.0.